The molecular weight excluding hydrogens is 250 g/mol. The van der Waals surface area contributed by atoms with E-state index < -0.39 is 0 Å². The first kappa shape index (κ1) is 13.5. The van der Waals surface area contributed by atoms with E-state index in [9.17, 15) is 4.79 Å². The summed E-state index contributed by atoms with van der Waals surface area (Å²) in [5.41, 5.74) is 5.65. The van der Waals surface area contributed by atoms with Crippen molar-refractivity contribution in [1.29, 1.82) is 0 Å². The van der Waals surface area contributed by atoms with Crippen molar-refractivity contribution in [3.05, 3.63) is 16.1 Å². The van der Waals surface area contributed by atoms with Gasteiger partial charge >= 0.3 is 0 Å². The number of hydrogen-bond donors (Lipinski definition) is 2. The Morgan fingerprint density at radius 2 is 2.56 bits per heavy atom. The first-order valence-corrected chi connectivity index (χ1v) is 7.02. The lowest BCUT2D eigenvalue weighted by molar-refractivity contribution is 0.0724. The Balaban J connectivity index is 2.02. The Kier molecular flexibility index (Phi) is 3.99. The molecular formula is C12H19N3O2S. The zero-order valence-corrected chi connectivity index (χ0v) is 11.5. The summed E-state index contributed by atoms with van der Waals surface area (Å²) in [6.45, 7) is 5.23. The van der Waals surface area contributed by atoms with Gasteiger partial charge in [-0.2, -0.15) is 0 Å². The lowest BCUT2D eigenvalue weighted by Gasteiger charge is -2.28. The molecule has 2 unspecified atom stereocenters. The van der Waals surface area contributed by atoms with Crippen molar-refractivity contribution in [3.8, 4) is 0 Å². The Morgan fingerprint density at radius 3 is 3.17 bits per heavy atom. The van der Waals surface area contributed by atoms with Gasteiger partial charge in [0.1, 0.15) is 5.69 Å². The minimum absolute atomic E-state index is 0.0311. The molecule has 6 heteroatoms. The molecule has 1 amide bonds. The summed E-state index contributed by atoms with van der Waals surface area (Å²) < 4.78 is 5.50. The van der Waals surface area contributed by atoms with Crippen molar-refractivity contribution in [3.63, 3.8) is 0 Å². The van der Waals surface area contributed by atoms with E-state index in [1.54, 1.807) is 5.38 Å². The highest BCUT2D eigenvalue weighted by molar-refractivity contribution is 7.09. The predicted octanol–water partition coefficient (Wildman–Crippen LogP) is 0.942. The van der Waals surface area contributed by atoms with E-state index in [2.05, 4.69) is 10.3 Å². The lowest BCUT2D eigenvalue weighted by Crippen LogP contribution is -2.50. The van der Waals surface area contributed by atoms with Gasteiger partial charge in [-0.05, 0) is 26.8 Å². The van der Waals surface area contributed by atoms with Gasteiger partial charge in [0.25, 0.3) is 5.91 Å². The zero-order chi connectivity index (χ0) is 13.2. The number of amides is 1. The van der Waals surface area contributed by atoms with E-state index in [4.69, 9.17) is 10.5 Å². The van der Waals surface area contributed by atoms with Crippen LogP contribution in [0.25, 0.3) is 0 Å². The highest BCUT2D eigenvalue weighted by Crippen LogP contribution is 2.25. The average molecular weight is 269 g/mol. The molecule has 0 aromatic carbocycles. The molecule has 2 rings (SSSR count). The fourth-order valence-electron chi connectivity index (χ4n) is 1.98. The summed E-state index contributed by atoms with van der Waals surface area (Å²) in [7, 11) is 0. The van der Waals surface area contributed by atoms with Crippen LogP contribution in [0.1, 0.15) is 35.8 Å². The predicted molar refractivity (Wildman–Crippen MR) is 70.8 cm³/mol. The standard InChI is InChI=1S/C12H19N3O2S/c1-8-12(2,4-6-17-8)15-11(16)9-7-18-10(14-9)3-5-13/h7-8H,3-6,13H2,1-2H3,(H,15,16). The lowest BCUT2D eigenvalue weighted by atomic mass is 9.94. The number of nitrogens with one attached hydrogen (secondary N) is 1. The maximum Gasteiger partial charge on any atom is 0.271 e. The minimum atomic E-state index is -0.297. The highest BCUT2D eigenvalue weighted by Gasteiger charge is 2.38. The molecule has 1 aliphatic rings. The number of rotatable bonds is 4. The average Bonchev–Trinajstić information content (AvgIpc) is 2.89. The maximum atomic E-state index is 12.1. The number of aromatic nitrogens is 1. The molecule has 1 aliphatic heterocycles. The molecule has 18 heavy (non-hydrogen) atoms. The van der Waals surface area contributed by atoms with E-state index in [-0.39, 0.29) is 17.6 Å². The van der Waals surface area contributed by atoms with E-state index >= 15 is 0 Å². The third-order valence-corrected chi connectivity index (χ3v) is 4.34. The number of ether oxygens (including phenoxy) is 1. The van der Waals surface area contributed by atoms with Crippen LogP contribution in [0, 0.1) is 0 Å². The molecule has 1 aromatic heterocycles. The molecule has 0 radical (unpaired) electrons. The van der Waals surface area contributed by atoms with E-state index in [1.807, 2.05) is 13.8 Å². The van der Waals surface area contributed by atoms with Crippen molar-refractivity contribution in [2.24, 2.45) is 5.73 Å². The molecule has 2 heterocycles. The Labute approximate surface area is 111 Å². The van der Waals surface area contributed by atoms with Crippen molar-refractivity contribution in [1.82, 2.24) is 10.3 Å². The number of carbonyl (C=O) groups excluding carboxylic acids is 1. The van der Waals surface area contributed by atoms with E-state index in [0.29, 0.717) is 25.3 Å². The zero-order valence-electron chi connectivity index (χ0n) is 10.7. The van der Waals surface area contributed by atoms with Crippen molar-refractivity contribution < 1.29 is 9.53 Å². The Hall–Kier alpha value is -0.980. The van der Waals surface area contributed by atoms with E-state index in [1.165, 1.54) is 11.3 Å². The van der Waals surface area contributed by atoms with Gasteiger partial charge in [0, 0.05) is 18.4 Å². The second-order valence-electron chi connectivity index (χ2n) is 4.80. The van der Waals surface area contributed by atoms with Crippen LogP contribution in [-0.2, 0) is 11.2 Å². The maximum absolute atomic E-state index is 12.1. The fraction of sp³-hybridized carbons (Fsp3) is 0.667. The number of carbonyl (C=O) groups is 1. The second-order valence-corrected chi connectivity index (χ2v) is 5.74. The molecule has 0 bridgehead atoms. The van der Waals surface area contributed by atoms with Crippen molar-refractivity contribution in [2.45, 2.75) is 38.3 Å². The van der Waals surface area contributed by atoms with Gasteiger partial charge in [-0.3, -0.25) is 4.79 Å². The first-order valence-electron chi connectivity index (χ1n) is 6.14. The topological polar surface area (TPSA) is 77.2 Å². The second kappa shape index (κ2) is 5.34. The number of thiazole rings is 1. The van der Waals surface area contributed by atoms with Gasteiger partial charge in [-0.1, -0.05) is 0 Å². The van der Waals surface area contributed by atoms with Gasteiger partial charge in [-0.25, -0.2) is 4.98 Å². The summed E-state index contributed by atoms with van der Waals surface area (Å²) in [6.07, 6.45) is 1.58. The van der Waals surface area contributed by atoms with Gasteiger partial charge in [0.2, 0.25) is 0 Å². The molecule has 0 spiro atoms. The summed E-state index contributed by atoms with van der Waals surface area (Å²) >= 11 is 1.48. The molecule has 100 valence electrons. The Bertz CT molecular complexity index is 435. The van der Waals surface area contributed by atoms with Gasteiger partial charge < -0.3 is 15.8 Å². The monoisotopic (exact) mass is 269 g/mol. The van der Waals surface area contributed by atoms with Crippen LogP contribution in [0.15, 0.2) is 5.38 Å². The van der Waals surface area contributed by atoms with Crippen LogP contribution in [0.3, 0.4) is 0 Å². The number of nitrogens with zero attached hydrogens (tertiary/aromatic N) is 1. The highest BCUT2D eigenvalue weighted by atomic mass is 32.1. The minimum Gasteiger partial charge on any atom is -0.376 e. The van der Waals surface area contributed by atoms with Crippen LogP contribution < -0.4 is 11.1 Å². The molecule has 3 N–H and O–H groups in total. The normalized spacial score (nSPS) is 27.4. The van der Waals surface area contributed by atoms with Crippen molar-refractivity contribution in [2.75, 3.05) is 13.2 Å². The van der Waals surface area contributed by atoms with Crippen LogP contribution in [0.4, 0.5) is 0 Å². The number of hydrogen-bond acceptors (Lipinski definition) is 5. The van der Waals surface area contributed by atoms with Gasteiger partial charge in [0.05, 0.1) is 16.7 Å². The van der Waals surface area contributed by atoms with Crippen molar-refractivity contribution >= 4 is 17.2 Å². The molecule has 1 fully saturated rings. The Morgan fingerprint density at radius 1 is 1.78 bits per heavy atom. The molecule has 1 saturated heterocycles. The third kappa shape index (κ3) is 2.71. The van der Waals surface area contributed by atoms with Gasteiger partial charge in [-0.15, -0.1) is 11.3 Å². The largest absolute Gasteiger partial charge is 0.376 e. The summed E-state index contributed by atoms with van der Waals surface area (Å²) in [5.74, 6) is -0.130. The summed E-state index contributed by atoms with van der Waals surface area (Å²) in [6, 6.07) is 0. The smallest absolute Gasteiger partial charge is 0.271 e. The quantitative estimate of drug-likeness (QED) is 0.853. The molecule has 2 atom stereocenters. The summed E-state index contributed by atoms with van der Waals surface area (Å²) in [5, 5.41) is 5.71. The molecule has 0 saturated carbocycles. The molecule has 5 nitrogen and oxygen atoms in total. The molecule has 0 aliphatic carbocycles. The van der Waals surface area contributed by atoms with Crippen LogP contribution in [0.2, 0.25) is 0 Å². The SMILES string of the molecule is CC1OCCC1(C)NC(=O)c1csc(CCN)n1. The number of nitrogens with two attached hydrogens (primary N) is 1. The van der Waals surface area contributed by atoms with Crippen LogP contribution in [-0.4, -0.2) is 35.7 Å². The first-order chi connectivity index (χ1) is 8.55. The van der Waals surface area contributed by atoms with E-state index in [0.717, 1.165) is 11.4 Å². The summed E-state index contributed by atoms with van der Waals surface area (Å²) in [4.78, 5) is 16.4. The van der Waals surface area contributed by atoms with Crippen LogP contribution >= 0.6 is 11.3 Å². The van der Waals surface area contributed by atoms with Crippen LogP contribution in [0.5, 0.6) is 0 Å². The molecule has 1 aromatic rings. The van der Waals surface area contributed by atoms with Gasteiger partial charge in [0.15, 0.2) is 0 Å². The third-order valence-electron chi connectivity index (χ3n) is 3.43. The fourth-order valence-corrected chi connectivity index (χ4v) is 2.77.